The van der Waals surface area contributed by atoms with Crippen LogP contribution < -0.4 is 20.7 Å². The molecule has 1 unspecified atom stereocenters. The minimum Gasteiger partial charge on any atom is -0.467 e. The molecule has 2 aliphatic rings. The molecule has 0 radical (unpaired) electrons. The van der Waals surface area contributed by atoms with E-state index in [0.717, 1.165) is 41.3 Å². The van der Waals surface area contributed by atoms with Crippen molar-refractivity contribution in [1.29, 1.82) is 0 Å². The predicted molar refractivity (Wildman–Crippen MR) is 151 cm³/mol. The number of ether oxygens (including phenoxy) is 1. The molecule has 204 valence electrons. The van der Waals surface area contributed by atoms with E-state index in [-0.39, 0.29) is 27.9 Å². The number of rotatable bonds is 4. The lowest BCUT2D eigenvalue weighted by molar-refractivity contribution is 0.0956. The molecule has 12 heteroatoms. The molecule has 0 aliphatic carbocycles. The average molecular weight is 570 g/mol. The lowest BCUT2D eigenvalue weighted by atomic mass is 10.00. The molecule has 3 N–H and O–H groups in total. The fourth-order valence-corrected chi connectivity index (χ4v) is 6.82. The quantitative estimate of drug-likeness (QED) is 0.358. The molecular formula is C27H29ClFN7O2S. The number of nitrogens with zero attached hydrogens (tertiary/aromatic N) is 5. The van der Waals surface area contributed by atoms with Gasteiger partial charge < -0.3 is 20.7 Å². The van der Waals surface area contributed by atoms with Crippen LogP contribution >= 0.6 is 23.4 Å². The number of halogens is 2. The Kier molecular flexibility index (Phi) is 7.60. The first-order chi connectivity index (χ1) is 18.8. The van der Waals surface area contributed by atoms with E-state index in [1.54, 1.807) is 25.7 Å². The SMILES string of the molecule is CC#Cc1cc(N)c(F)c(C2Cc3nc(OC)nc(N4CCCn5nc(C(=O)NC)c(C)c5C4)c3CS2)c1Cl. The number of thioether (sulfide) groups is 1. The number of nitrogens with two attached hydrogens (primary N) is 1. The molecule has 0 saturated carbocycles. The maximum Gasteiger partial charge on any atom is 0.318 e. The predicted octanol–water partition coefficient (Wildman–Crippen LogP) is 4.04. The van der Waals surface area contributed by atoms with Gasteiger partial charge >= 0.3 is 6.01 Å². The zero-order valence-electron chi connectivity index (χ0n) is 22.2. The normalized spacial score (nSPS) is 16.5. The highest BCUT2D eigenvalue weighted by Crippen LogP contribution is 2.47. The van der Waals surface area contributed by atoms with Gasteiger partial charge in [-0.05, 0) is 26.3 Å². The number of hydrogen-bond donors (Lipinski definition) is 2. The minimum absolute atomic E-state index is 0.0205. The second-order valence-corrected chi connectivity index (χ2v) is 11.0. The van der Waals surface area contributed by atoms with Crippen LogP contribution in [0.15, 0.2) is 6.07 Å². The van der Waals surface area contributed by atoms with Gasteiger partial charge in [0.1, 0.15) is 5.82 Å². The first kappa shape index (κ1) is 27.1. The first-order valence-electron chi connectivity index (χ1n) is 12.6. The zero-order chi connectivity index (χ0) is 27.8. The van der Waals surface area contributed by atoms with Gasteiger partial charge in [-0.2, -0.15) is 15.1 Å². The molecule has 0 saturated heterocycles. The Hall–Kier alpha value is -3.49. The summed E-state index contributed by atoms with van der Waals surface area (Å²) in [5.41, 5.74) is 10.9. The van der Waals surface area contributed by atoms with Crippen molar-refractivity contribution in [2.45, 2.75) is 50.8 Å². The Balaban J connectivity index is 1.53. The molecule has 2 aromatic heterocycles. The highest BCUT2D eigenvalue weighted by Gasteiger charge is 2.33. The fourth-order valence-electron chi connectivity index (χ4n) is 5.11. The van der Waals surface area contributed by atoms with Crippen LogP contribution in [0.4, 0.5) is 15.9 Å². The maximum absolute atomic E-state index is 15.3. The van der Waals surface area contributed by atoms with Gasteiger partial charge in [-0.25, -0.2) is 4.39 Å². The largest absolute Gasteiger partial charge is 0.467 e. The highest BCUT2D eigenvalue weighted by molar-refractivity contribution is 7.98. The third-order valence-electron chi connectivity index (χ3n) is 7.09. The number of carbonyl (C=O) groups excluding carboxylic acids is 1. The van der Waals surface area contributed by atoms with Gasteiger partial charge in [0.05, 0.1) is 35.8 Å². The molecule has 5 rings (SSSR count). The Morgan fingerprint density at radius 3 is 2.87 bits per heavy atom. The van der Waals surface area contributed by atoms with Crippen molar-refractivity contribution in [1.82, 2.24) is 25.1 Å². The topological polar surface area (TPSA) is 111 Å². The lowest BCUT2D eigenvalue weighted by Crippen LogP contribution is -2.27. The number of amides is 1. The van der Waals surface area contributed by atoms with Gasteiger partial charge in [-0.15, -0.1) is 17.7 Å². The number of nitrogens with one attached hydrogen (secondary N) is 1. The molecule has 4 heterocycles. The summed E-state index contributed by atoms with van der Waals surface area (Å²) in [6.45, 7) is 5.59. The summed E-state index contributed by atoms with van der Waals surface area (Å²) < 4.78 is 22.7. The van der Waals surface area contributed by atoms with Crippen LogP contribution in [0.25, 0.3) is 0 Å². The van der Waals surface area contributed by atoms with Crippen LogP contribution in [0.5, 0.6) is 6.01 Å². The summed E-state index contributed by atoms with van der Waals surface area (Å²) in [5.74, 6) is 6.33. The molecule has 1 aromatic carbocycles. The number of methoxy groups -OCH3 is 1. The van der Waals surface area contributed by atoms with Gasteiger partial charge in [-0.1, -0.05) is 17.5 Å². The molecule has 2 aliphatic heterocycles. The standard InChI is InChI=1S/C27H29ClFN7O2S/c1-5-7-15-10-17(30)23(29)21(22(15)28)20-11-18-16(13-39-20)25(33-27(32-18)38-4)35-8-6-9-36-19(12-35)14(2)24(34-36)26(37)31-3/h10,20H,6,8-9,11-13,30H2,1-4H3,(H,31,37). The van der Waals surface area contributed by atoms with Crippen molar-refractivity contribution >= 4 is 40.8 Å². The number of nitrogen functional groups attached to an aromatic ring is 1. The van der Waals surface area contributed by atoms with E-state index in [0.29, 0.717) is 42.1 Å². The van der Waals surface area contributed by atoms with E-state index >= 15 is 4.39 Å². The van der Waals surface area contributed by atoms with Crippen molar-refractivity contribution in [3.8, 4) is 17.9 Å². The molecule has 9 nitrogen and oxygen atoms in total. The third-order valence-corrected chi connectivity index (χ3v) is 8.75. The second-order valence-electron chi connectivity index (χ2n) is 9.39. The number of carbonyl (C=O) groups is 1. The van der Waals surface area contributed by atoms with Gasteiger partial charge in [0.2, 0.25) is 0 Å². The summed E-state index contributed by atoms with van der Waals surface area (Å²) in [7, 11) is 3.13. The molecule has 1 atom stereocenters. The Bertz CT molecular complexity index is 1530. The van der Waals surface area contributed by atoms with Crippen LogP contribution in [0.1, 0.15) is 62.7 Å². The van der Waals surface area contributed by atoms with Gasteiger partial charge in [-0.3, -0.25) is 9.48 Å². The monoisotopic (exact) mass is 569 g/mol. The highest BCUT2D eigenvalue weighted by atomic mass is 35.5. The zero-order valence-corrected chi connectivity index (χ0v) is 23.8. The van der Waals surface area contributed by atoms with Crippen molar-refractivity contribution < 1.29 is 13.9 Å². The van der Waals surface area contributed by atoms with Crippen molar-refractivity contribution in [2.75, 3.05) is 31.3 Å². The maximum atomic E-state index is 15.3. The Morgan fingerprint density at radius 1 is 1.36 bits per heavy atom. The summed E-state index contributed by atoms with van der Waals surface area (Å²) >= 11 is 8.21. The molecule has 0 bridgehead atoms. The van der Waals surface area contributed by atoms with Gasteiger partial charge in [0.15, 0.2) is 11.5 Å². The number of fused-ring (bicyclic) bond motifs is 2. The van der Waals surface area contributed by atoms with Crippen LogP contribution in [0.3, 0.4) is 0 Å². The molecule has 3 aromatic rings. The van der Waals surface area contributed by atoms with Crippen molar-refractivity contribution in [2.24, 2.45) is 0 Å². The third kappa shape index (κ3) is 4.87. The Morgan fingerprint density at radius 2 is 2.15 bits per heavy atom. The molecule has 0 spiro atoms. The molecule has 39 heavy (non-hydrogen) atoms. The van der Waals surface area contributed by atoms with Crippen LogP contribution in [-0.4, -0.2) is 46.4 Å². The average Bonchev–Trinajstić information content (AvgIpc) is 3.10. The van der Waals surface area contributed by atoms with Crippen LogP contribution in [-0.2, 0) is 25.3 Å². The van der Waals surface area contributed by atoms with Gasteiger partial charge in [0, 0.05) is 59.8 Å². The second kappa shape index (κ2) is 10.9. The van der Waals surface area contributed by atoms with Crippen LogP contribution in [0.2, 0.25) is 5.02 Å². The Labute approximate surface area is 235 Å². The van der Waals surface area contributed by atoms with E-state index in [9.17, 15) is 4.79 Å². The summed E-state index contributed by atoms with van der Waals surface area (Å²) in [4.78, 5) is 23.9. The lowest BCUT2D eigenvalue weighted by Gasteiger charge is -2.30. The van der Waals surface area contributed by atoms with Crippen LogP contribution in [0, 0.1) is 24.6 Å². The van der Waals surface area contributed by atoms with E-state index < -0.39 is 5.82 Å². The first-order valence-corrected chi connectivity index (χ1v) is 14.0. The molecule has 0 fully saturated rings. The van der Waals surface area contributed by atoms with E-state index in [4.69, 9.17) is 27.1 Å². The number of benzene rings is 1. The minimum atomic E-state index is -0.521. The number of hydrogen-bond acceptors (Lipinski definition) is 8. The van der Waals surface area contributed by atoms with E-state index in [1.807, 2.05) is 11.6 Å². The van der Waals surface area contributed by atoms with E-state index in [2.05, 4.69) is 32.1 Å². The summed E-state index contributed by atoms with van der Waals surface area (Å²) in [6, 6.07) is 1.72. The smallest absolute Gasteiger partial charge is 0.318 e. The molecule has 1 amide bonds. The fraction of sp³-hybridized carbons (Fsp3) is 0.407. The van der Waals surface area contributed by atoms with Gasteiger partial charge in [0.25, 0.3) is 5.91 Å². The summed E-state index contributed by atoms with van der Waals surface area (Å²) in [5, 5.41) is 7.21. The number of aromatic nitrogens is 4. The van der Waals surface area contributed by atoms with Crippen molar-refractivity contribution in [3.05, 3.63) is 56.2 Å². The number of aryl methyl sites for hydroxylation is 1. The summed E-state index contributed by atoms with van der Waals surface area (Å²) in [6.07, 6.45) is 1.25. The molecular weight excluding hydrogens is 541 g/mol. The number of anilines is 2. The van der Waals surface area contributed by atoms with Crippen molar-refractivity contribution in [3.63, 3.8) is 0 Å². The van der Waals surface area contributed by atoms with E-state index in [1.165, 1.54) is 13.2 Å².